The first-order chi connectivity index (χ1) is 10.3. The molecule has 0 saturated carbocycles. The molecule has 0 aromatic heterocycles. The number of carbonyl (C=O) groups is 2. The SMILES string of the molecule is CC(N)C(C)C(=O)NC1CCN(c2c(F)cccc2F)C1=O.Cl. The van der Waals surface area contributed by atoms with E-state index in [0.717, 1.165) is 17.0 Å². The summed E-state index contributed by atoms with van der Waals surface area (Å²) in [5.74, 6) is -2.92. The molecule has 1 aliphatic rings. The molecule has 8 heteroatoms. The van der Waals surface area contributed by atoms with Crippen molar-refractivity contribution in [3.8, 4) is 0 Å². The first-order valence-corrected chi connectivity index (χ1v) is 7.14. The highest BCUT2D eigenvalue weighted by Gasteiger charge is 2.36. The predicted molar refractivity (Wildman–Crippen MR) is 85.3 cm³/mol. The minimum atomic E-state index is -0.802. The predicted octanol–water partition coefficient (Wildman–Crippen LogP) is 1.59. The molecule has 0 spiro atoms. The van der Waals surface area contributed by atoms with Gasteiger partial charge in [-0.15, -0.1) is 12.4 Å². The minimum Gasteiger partial charge on any atom is -0.344 e. The van der Waals surface area contributed by atoms with Gasteiger partial charge in [0.2, 0.25) is 11.8 Å². The highest BCUT2D eigenvalue weighted by molar-refractivity contribution is 6.01. The summed E-state index contributed by atoms with van der Waals surface area (Å²) in [6.45, 7) is 3.50. The van der Waals surface area contributed by atoms with E-state index >= 15 is 0 Å². The minimum absolute atomic E-state index is 0. The van der Waals surface area contributed by atoms with E-state index in [1.54, 1.807) is 13.8 Å². The molecule has 1 fully saturated rings. The van der Waals surface area contributed by atoms with Crippen LogP contribution in [0.1, 0.15) is 20.3 Å². The molecule has 1 aromatic carbocycles. The summed E-state index contributed by atoms with van der Waals surface area (Å²) in [7, 11) is 0. The summed E-state index contributed by atoms with van der Waals surface area (Å²) in [6, 6.07) is 2.29. The Bertz CT molecular complexity index is 578. The molecule has 128 valence electrons. The maximum absolute atomic E-state index is 13.8. The number of hydrogen-bond donors (Lipinski definition) is 2. The zero-order chi connectivity index (χ0) is 16.4. The highest BCUT2D eigenvalue weighted by Crippen LogP contribution is 2.27. The van der Waals surface area contributed by atoms with Crippen LogP contribution in [0.25, 0.3) is 0 Å². The Morgan fingerprint density at radius 3 is 2.43 bits per heavy atom. The van der Waals surface area contributed by atoms with Crippen LogP contribution in [-0.2, 0) is 9.59 Å². The molecule has 0 radical (unpaired) electrons. The lowest BCUT2D eigenvalue weighted by atomic mass is 10.0. The average molecular weight is 348 g/mol. The first kappa shape index (κ1) is 19.3. The summed E-state index contributed by atoms with van der Waals surface area (Å²) < 4.78 is 27.5. The van der Waals surface area contributed by atoms with Gasteiger partial charge < -0.3 is 16.0 Å². The normalized spacial score (nSPS) is 20.0. The third kappa shape index (κ3) is 3.97. The summed E-state index contributed by atoms with van der Waals surface area (Å²) in [6.07, 6.45) is 0.296. The molecular formula is C15H20ClF2N3O2. The van der Waals surface area contributed by atoms with Crippen molar-refractivity contribution in [3.05, 3.63) is 29.8 Å². The molecule has 23 heavy (non-hydrogen) atoms. The Labute approximate surface area is 139 Å². The van der Waals surface area contributed by atoms with Crippen LogP contribution in [0.15, 0.2) is 18.2 Å². The number of carbonyl (C=O) groups excluding carboxylic acids is 2. The summed E-state index contributed by atoms with van der Waals surface area (Å²) in [5.41, 5.74) is 5.28. The molecule has 2 amide bonds. The number of halogens is 3. The van der Waals surface area contributed by atoms with Gasteiger partial charge in [-0.25, -0.2) is 8.78 Å². The van der Waals surface area contributed by atoms with Crippen molar-refractivity contribution < 1.29 is 18.4 Å². The molecule has 3 unspecified atom stereocenters. The highest BCUT2D eigenvalue weighted by atomic mass is 35.5. The maximum Gasteiger partial charge on any atom is 0.249 e. The average Bonchev–Trinajstić information content (AvgIpc) is 2.79. The fraction of sp³-hybridized carbons (Fsp3) is 0.467. The molecular weight excluding hydrogens is 328 g/mol. The molecule has 1 aliphatic heterocycles. The Hall–Kier alpha value is -1.73. The smallest absolute Gasteiger partial charge is 0.249 e. The van der Waals surface area contributed by atoms with Crippen LogP contribution < -0.4 is 16.0 Å². The van der Waals surface area contributed by atoms with Crippen LogP contribution in [-0.4, -0.2) is 30.4 Å². The van der Waals surface area contributed by atoms with Crippen molar-refractivity contribution in [1.29, 1.82) is 0 Å². The van der Waals surface area contributed by atoms with Crippen molar-refractivity contribution in [2.45, 2.75) is 32.4 Å². The van der Waals surface area contributed by atoms with Gasteiger partial charge >= 0.3 is 0 Å². The lowest BCUT2D eigenvalue weighted by molar-refractivity contribution is -0.129. The first-order valence-electron chi connectivity index (χ1n) is 7.14. The molecule has 1 aromatic rings. The fourth-order valence-electron chi connectivity index (χ4n) is 2.32. The number of nitrogens with zero attached hydrogens (tertiary/aromatic N) is 1. The van der Waals surface area contributed by atoms with Gasteiger partial charge in [0, 0.05) is 18.5 Å². The molecule has 2 rings (SSSR count). The van der Waals surface area contributed by atoms with E-state index in [2.05, 4.69) is 5.32 Å². The van der Waals surface area contributed by atoms with Gasteiger partial charge in [0.25, 0.3) is 0 Å². The zero-order valence-corrected chi connectivity index (χ0v) is 13.7. The summed E-state index contributed by atoms with van der Waals surface area (Å²) >= 11 is 0. The van der Waals surface area contributed by atoms with E-state index in [-0.39, 0.29) is 36.6 Å². The number of amides is 2. The van der Waals surface area contributed by atoms with Crippen molar-refractivity contribution in [2.24, 2.45) is 11.7 Å². The second-order valence-electron chi connectivity index (χ2n) is 5.56. The van der Waals surface area contributed by atoms with E-state index in [9.17, 15) is 18.4 Å². The molecule has 1 saturated heterocycles. The molecule has 3 N–H and O–H groups in total. The van der Waals surface area contributed by atoms with E-state index in [1.807, 2.05) is 0 Å². The third-order valence-corrected chi connectivity index (χ3v) is 3.93. The number of rotatable bonds is 4. The van der Waals surface area contributed by atoms with E-state index in [0.29, 0.717) is 6.42 Å². The summed E-state index contributed by atoms with van der Waals surface area (Å²) in [5, 5.41) is 2.59. The molecule has 0 bridgehead atoms. The van der Waals surface area contributed by atoms with E-state index < -0.39 is 29.5 Å². The van der Waals surface area contributed by atoms with Gasteiger partial charge in [0.15, 0.2) is 0 Å². The number of para-hydroxylation sites is 1. The molecule has 3 atom stereocenters. The number of nitrogens with one attached hydrogen (secondary N) is 1. The third-order valence-electron chi connectivity index (χ3n) is 3.93. The second kappa shape index (κ2) is 7.70. The van der Waals surface area contributed by atoms with Crippen LogP contribution >= 0.6 is 12.4 Å². The van der Waals surface area contributed by atoms with Crippen molar-refractivity contribution in [1.82, 2.24) is 5.32 Å². The fourth-order valence-corrected chi connectivity index (χ4v) is 2.32. The Morgan fingerprint density at radius 2 is 1.91 bits per heavy atom. The van der Waals surface area contributed by atoms with Crippen molar-refractivity contribution in [3.63, 3.8) is 0 Å². The van der Waals surface area contributed by atoms with E-state index in [4.69, 9.17) is 5.73 Å². The van der Waals surface area contributed by atoms with Gasteiger partial charge in [-0.3, -0.25) is 9.59 Å². The van der Waals surface area contributed by atoms with Gasteiger partial charge in [-0.1, -0.05) is 13.0 Å². The van der Waals surface area contributed by atoms with Crippen LogP contribution in [0, 0.1) is 17.6 Å². The van der Waals surface area contributed by atoms with Crippen LogP contribution in [0.2, 0.25) is 0 Å². The van der Waals surface area contributed by atoms with Crippen molar-refractivity contribution in [2.75, 3.05) is 11.4 Å². The quantitative estimate of drug-likeness (QED) is 0.868. The van der Waals surface area contributed by atoms with Gasteiger partial charge in [-0.05, 0) is 25.5 Å². The van der Waals surface area contributed by atoms with E-state index in [1.165, 1.54) is 6.07 Å². The Kier molecular flexibility index (Phi) is 6.47. The van der Waals surface area contributed by atoms with Gasteiger partial charge in [-0.2, -0.15) is 0 Å². The topological polar surface area (TPSA) is 75.4 Å². The number of hydrogen-bond acceptors (Lipinski definition) is 3. The Morgan fingerprint density at radius 1 is 1.35 bits per heavy atom. The monoisotopic (exact) mass is 347 g/mol. The largest absolute Gasteiger partial charge is 0.344 e. The van der Waals surface area contributed by atoms with Crippen LogP contribution in [0.3, 0.4) is 0 Å². The van der Waals surface area contributed by atoms with Gasteiger partial charge in [0.1, 0.15) is 23.4 Å². The van der Waals surface area contributed by atoms with Crippen LogP contribution in [0.4, 0.5) is 14.5 Å². The lowest BCUT2D eigenvalue weighted by Crippen LogP contribution is -2.46. The van der Waals surface area contributed by atoms with Crippen molar-refractivity contribution >= 4 is 29.9 Å². The number of anilines is 1. The standard InChI is InChI=1S/C15H19F2N3O2.ClH/c1-8(9(2)18)14(21)19-12-6-7-20(15(12)22)13-10(16)4-3-5-11(13)17;/h3-5,8-9,12H,6-7,18H2,1-2H3,(H,19,21);1H. The molecule has 5 nitrogen and oxygen atoms in total. The number of benzene rings is 1. The van der Waals surface area contributed by atoms with Gasteiger partial charge in [0.05, 0.1) is 0 Å². The lowest BCUT2D eigenvalue weighted by Gasteiger charge is -2.20. The zero-order valence-electron chi connectivity index (χ0n) is 12.9. The Balaban J connectivity index is 0.00000264. The second-order valence-corrected chi connectivity index (χ2v) is 5.56. The van der Waals surface area contributed by atoms with Crippen LogP contribution in [0.5, 0.6) is 0 Å². The maximum atomic E-state index is 13.8. The summed E-state index contributed by atoms with van der Waals surface area (Å²) in [4.78, 5) is 25.3. The number of nitrogens with two attached hydrogens (primary N) is 1. The molecule has 0 aliphatic carbocycles. The molecule has 1 heterocycles.